The van der Waals surface area contributed by atoms with Crippen LogP contribution in [0, 0.1) is 5.92 Å². The Morgan fingerprint density at radius 1 is 1.08 bits per heavy atom. The zero-order chi connectivity index (χ0) is 19.5. The van der Waals surface area contributed by atoms with E-state index >= 15 is 0 Å². The van der Waals surface area contributed by atoms with Crippen molar-refractivity contribution in [3.63, 3.8) is 0 Å². The van der Waals surface area contributed by atoms with Gasteiger partial charge in [-0.25, -0.2) is 0 Å². The predicted octanol–water partition coefficient (Wildman–Crippen LogP) is 3.26. The lowest BCUT2D eigenvalue weighted by Gasteiger charge is -2.19. The maximum atomic E-state index is 11.7. The maximum absolute atomic E-state index is 11.7. The highest BCUT2D eigenvalue weighted by molar-refractivity contribution is 5.71. The number of carboxylic acid groups (broad SMARTS) is 1. The van der Waals surface area contributed by atoms with Crippen LogP contribution < -0.4 is 14.2 Å². The molecule has 0 spiro atoms. The molecule has 0 radical (unpaired) electrons. The standard InChI is InChI=1S/C19H28O7/c1-13(2)6-7-14(19(20)21)8-16-17(25-11-22-3)9-15(24-5)10-18(16)26-12-23-4/h6,9-10,14H,7-8,11-12H2,1-5H3,(H,20,21). The molecule has 1 N–H and O–H groups in total. The van der Waals surface area contributed by atoms with E-state index < -0.39 is 11.9 Å². The van der Waals surface area contributed by atoms with Gasteiger partial charge in [-0.3, -0.25) is 4.79 Å². The summed E-state index contributed by atoms with van der Waals surface area (Å²) in [7, 11) is 4.55. The Hall–Kier alpha value is -2.25. The molecule has 1 aromatic carbocycles. The average Bonchev–Trinajstić information content (AvgIpc) is 2.61. The van der Waals surface area contributed by atoms with Crippen LogP contribution in [0.1, 0.15) is 25.8 Å². The lowest BCUT2D eigenvalue weighted by atomic mass is 9.94. The molecular formula is C19H28O7. The van der Waals surface area contributed by atoms with Crippen molar-refractivity contribution in [2.24, 2.45) is 5.92 Å². The molecule has 146 valence electrons. The minimum absolute atomic E-state index is 0.0234. The molecule has 1 aromatic rings. The molecule has 0 aliphatic carbocycles. The highest BCUT2D eigenvalue weighted by atomic mass is 16.7. The smallest absolute Gasteiger partial charge is 0.307 e. The van der Waals surface area contributed by atoms with Crippen molar-refractivity contribution >= 4 is 5.97 Å². The van der Waals surface area contributed by atoms with E-state index in [9.17, 15) is 9.90 Å². The van der Waals surface area contributed by atoms with Crippen LogP contribution in [0.4, 0.5) is 0 Å². The second-order valence-electron chi connectivity index (χ2n) is 5.96. The molecule has 1 atom stereocenters. The normalized spacial score (nSPS) is 11.6. The van der Waals surface area contributed by atoms with Gasteiger partial charge in [0.25, 0.3) is 0 Å². The number of methoxy groups -OCH3 is 3. The van der Waals surface area contributed by atoms with Crippen molar-refractivity contribution in [3.8, 4) is 17.2 Å². The zero-order valence-corrected chi connectivity index (χ0v) is 16.0. The zero-order valence-electron chi connectivity index (χ0n) is 16.0. The van der Waals surface area contributed by atoms with Crippen LogP contribution in [0.2, 0.25) is 0 Å². The molecule has 0 fully saturated rings. The average molecular weight is 368 g/mol. The van der Waals surface area contributed by atoms with Crippen LogP contribution in [0.3, 0.4) is 0 Å². The first kappa shape index (κ1) is 21.8. The summed E-state index contributed by atoms with van der Waals surface area (Å²) in [5, 5.41) is 9.60. The quantitative estimate of drug-likeness (QED) is 0.448. The topological polar surface area (TPSA) is 83.5 Å². The molecule has 7 heteroatoms. The van der Waals surface area contributed by atoms with Gasteiger partial charge in [0.2, 0.25) is 0 Å². The number of carbonyl (C=O) groups is 1. The summed E-state index contributed by atoms with van der Waals surface area (Å²) in [6.45, 7) is 3.92. The van der Waals surface area contributed by atoms with Crippen LogP contribution in [0.25, 0.3) is 0 Å². The summed E-state index contributed by atoms with van der Waals surface area (Å²) in [5.74, 6) is -0.0505. The van der Waals surface area contributed by atoms with E-state index in [1.54, 1.807) is 12.1 Å². The van der Waals surface area contributed by atoms with Gasteiger partial charge in [-0.1, -0.05) is 11.6 Å². The first-order valence-electron chi connectivity index (χ1n) is 8.23. The minimum atomic E-state index is -0.881. The monoisotopic (exact) mass is 368 g/mol. The summed E-state index contributed by atoms with van der Waals surface area (Å²) in [6.07, 6.45) is 2.56. The van der Waals surface area contributed by atoms with Crippen LogP contribution in [0.5, 0.6) is 17.2 Å². The van der Waals surface area contributed by atoms with Crippen LogP contribution in [-0.4, -0.2) is 46.0 Å². The van der Waals surface area contributed by atoms with E-state index in [1.165, 1.54) is 21.3 Å². The predicted molar refractivity (Wildman–Crippen MR) is 96.9 cm³/mol. The number of benzene rings is 1. The van der Waals surface area contributed by atoms with Crippen LogP contribution in [0.15, 0.2) is 23.8 Å². The van der Waals surface area contributed by atoms with Gasteiger partial charge in [0.05, 0.1) is 13.0 Å². The Kier molecular flexibility index (Phi) is 9.54. The maximum Gasteiger partial charge on any atom is 0.307 e. The van der Waals surface area contributed by atoms with Crippen molar-refractivity contribution in [1.82, 2.24) is 0 Å². The Labute approximate surface area is 154 Å². The lowest BCUT2D eigenvalue weighted by Crippen LogP contribution is -2.18. The van der Waals surface area contributed by atoms with E-state index in [0.29, 0.717) is 29.2 Å². The van der Waals surface area contributed by atoms with Crippen molar-refractivity contribution < 1.29 is 33.6 Å². The third-order valence-electron chi connectivity index (χ3n) is 3.65. The Balaban J connectivity index is 3.27. The van der Waals surface area contributed by atoms with Gasteiger partial charge in [-0.2, -0.15) is 0 Å². The second-order valence-corrected chi connectivity index (χ2v) is 5.96. The van der Waals surface area contributed by atoms with Gasteiger partial charge in [0.1, 0.15) is 17.2 Å². The third kappa shape index (κ3) is 6.93. The molecule has 0 aromatic heterocycles. The van der Waals surface area contributed by atoms with Gasteiger partial charge < -0.3 is 28.8 Å². The number of aliphatic carboxylic acids is 1. The van der Waals surface area contributed by atoms with E-state index in [4.69, 9.17) is 23.7 Å². The summed E-state index contributed by atoms with van der Waals surface area (Å²) < 4.78 is 26.5. The van der Waals surface area contributed by atoms with Crippen molar-refractivity contribution in [3.05, 3.63) is 29.3 Å². The summed E-state index contributed by atoms with van der Waals surface area (Å²) in [6, 6.07) is 3.38. The fraction of sp³-hybridized carbons (Fsp3) is 0.526. The summed E-state index contributed by atoms with van der Waals surface area (Å²) >= 11 is 0. The number of ether oxygens (including phenoxy) is 5. The molecule has 0 bridgehead atoms. The van der Waals surface area contributed by atoms with E-state index in [-0.39, 0.29) is 20.0 Å². The molecule has 1 unspecified atom stereocenters. The van der Waals surface area contributed by atoms with Crippen molar-refractivity contribution in [2.45, 2.75) is 26.7 Å². The Bertz CT molecular complexity index is 577. The molecule has 7 nitrogen and oxygen atoms in total. The SMILES string of the molecule is COCOc1cc(OC)cc(OCOC)c1CC(CC=C(C)C)C(=O)O. The van der Waals surface area contributed by atoms with Gasteiger partial charge in [0.15, 0.2) is 13.6 Å². The fourth-order valence-electron chi connectivity index (χ4n) is 2.31. The first-order valence-corrected chi connectivity index (χ1v) is 8.23. The van der Waals surface area contributed by atoms with Gasteiger partial charge in [-0.15, -0.1) is 0 Å². The number of hydrogen-bond acceptors (Lipinski definition) is 6. The molecule has 26 heavy (non-hydrogen) atoms. The van der Waals surface area contributed by atoms with Crippen LogP contribution in [-0.2, 0) is 20.7 Å². The van der Waals surface area contributed by atoms with E-state index in [2.05, 4.69) is 0 Å². The Morgan fingerprint density at radius 2 is 1.62 bits per heavy atom. The minimum Gasteiger partial charge on any atom is -0.496 e. The second kappa shape index (κ2) is 11.4. The highest BCUT2D eigenvalue weighted by Gasteiger charge is 2.23. The van der Waals surface area contributed by atoms with E-state index in [0.717, 1.165) is 5.57 Å². The van der Waals surface area contributed by atoms with Gasteiger partial charge in [0, 0.05) is 31.9 Å². The molecule has 0 saturated carbocycles. The fourth-order valence-corrected chi connectivity index (χ4v) is 2.31. The summed E-state index contributed by atoms with van der Waals surface area (Å²) in [5.41, 5.74) is 1.70. The van der Waals surface area contributed by atoms with Crippen molar-refractivity contribution in [1.29, 1.82) is 0 Å². The largest absolute Gasteiger partial charge is 0.496 e. The van der Waals surface area contributed by atoms with Gasteiger partial charge >= 0.3 is 5.97 Å². The molecule has 1 rings (SSSR count). The molecule has 0 heterocycles. The first-order chi connectivity index (χ1) is 12.4. The van der Waals surface area contributed by atoms with E-state index in [1.807, 2.05) is 19.9 Å². The molecule has 0 saturated heterocycles. The molecular weight excluding hydrogens is 340 g/mol. The van der Waals surface area contributed by atoms with Crippen LogP contribution >= 0.6 is 0 Å². The molecule has 0 aliphatic heterocycles. The summed E-state index contributed by atoms with van der Waals surface area (Å²) in [4.78, 5) is 11.7. The molecule has 0 aliphatic rings. The Morgan fingerprint density at radius 3 is 2.00 bits per heavy atom. The van der Waals surface area contributed by atoms with Gasteiger partial charge in [-0.05, 0) is 26.7 Å². The lowest BCUT2D eigenvalue weighted by molar-refractivity contribution is -0.141. The highest BCUT2D eigenvalue weighted by Crippen LogP contribution is 2.37. The number of rotatable bonds is 12. The number of carboxylic acids is 1. The molecule has 0 amide bonds. The number of hydrogen-bond donors (Lipinski definition) is 1. The number of allylic oxidation sites excluding steroid dienone is 2. The van der Waals surface area contributed by atoms with Crippen molar-refractivity contribution in [2.75, 3.05) is 34.9 Å². The third-order valence-corrected chi connectivity index (χ3v) is 3.65.